The average molecular weight is 235 g/mol. The Morgan fingerprint density at radius 1 is 1.53 bits per heavy atom. The Morgan fingerprint density at radius 3 is 2.65 bits per heavy atom. The van der Waals surface area contributed by atoms with E-state index in [4.69, 9.17) is 5.41 Å². The number of rotatable bonds is 5. The van der Waals surface area contributed by atoms with Crippen LogP contribution >= 0.6 is 0 Å². The van der Waals surface area contributed by atoms with E-state index in [2.05, 4.69) is 5.32 Å². The summed E-state index contributed by atoms with van der Waals surface area (Å²) in [7, 11) is 0. The Kier molecular flexibility index (Phi) is 4.20. The van der Waals surface area contributed by atoms with Gasteiger partial charge in [0.2, 0.25) is 0 Å². The summed E-state index contributed by atoms with van der Waals surface area (Å²) in [5, 5.41) is 21.8. The minimum Gasteiger partial charge on any atom is -0.385 e. The zero-order valence-electron chi connectivity index (χ0n) is 10.3. The van der Waals surface area contributed by atoms with E-state index in [1.807, 2.05) is 20.8 Å². The minimum absolute atomic E-state index is 0.0204. The smallest absolute Gasteiger partial charge is 0.270 e. The van der Waals surface area contributed by atoms with E-state index in [-0.39, 0.29) is 11.6 Å². The highest BCUT2D eigenvalue weighted by molar-refractivity contribution is 6.04. The molecule has 1 rings (SSSR count). The van der Waals surface area contributed by atoms with Crippen LogP contribution in [0.4, 0.5) is 11.4 Å². The molecule has 0 atom stereocenters. The second-order valence-corrected chi connectivity index (χ2v) is 4.09. The predicted molar refractivity (Wildman–Crippen MR) is 68.9 cm³/mol. The van der Waals surface area contributed by atoms with E-state index in [0.29, 0.717) is 11.3 Å². The van der Waals surface area contributed by atoms with Gasteiger partial charge in [-0.05, 0) is 18.9 Å². The van der Waals surface area contributed by atoms with Crippen molar-refractivity contribution in [3.05, 3.63) is 33.9 Å². The third kappa shape index (κ3) is 3.03. The maximum atomic E-state index is 10.7. The van der Waals surface area contributed by atoms with E-state index in [9.17, 15) is 10.1 Å². The zero-order valence-corrected chi connectivity index (χ0v) is 10.3. The van der Waals surface area contributed by atoms with Crippen LogP contribution in [0.3, 0.4) is 0 Å². The lowest BCUT2D eigenvalue weighted by molar-refractivity contribution is -0.384. The fourth-order valence-corrected chi connectivity index (χ4v) is 1.52. The molecule has 0 aromatic heterocycles. The molecule has 0 spiro atoms. The first-order chi connectivity index (χ1) is 7.97. The highest BCUT2D eigenvalue weighted by Gasteiger charge is 2.15. The molecule has 0 bridgehead atoms. The van der Waals surface area contributed by atoms with Gasteiger partial charge in [0.25, 0.3) is 5.69 Å². The van der Waals surface area contributed by atoms with Crippen LogP contribution in [-0.2, 0) is 0 Å². The number of nitro groups is 1. The fourth-order valence-electron chi connectivity index (χ4n) is 1.52. The monoisotopic (exact) mass is 235 g/mol. The normalized spacial score (nSPS) is 10.4. The van der Waals surface area contributed by atoms with Crippen LogP contribution in [0.15, 0.2) is 18.2 Å². The summed E-state index contributed by atoms with van der Waals surface area (Å²) in [5.41, 5.74) is 1.81. The number of anilines is 1. The summed E-state index contributed by atoms with van der Waals surface area (Å²) >= 11 is 0. The molecule has 0 aliphatic heterocycles. The minimum atomic E-state index is -0.438. The first-order valence-corrected chi connectivity index (χ1v) is 5.58. The molecule has 0 amide bonds. The summed E-state index contributed by atoms with van der Waals surface area (Å²) < 4.78 is 0. The molecule has 0 unspecified atom stereocenters. The van der Waals surface area contributed by atoms with Gasteiger partial charge in [-0.25, -0.2) is 0 Å². The summed E-state index contributed by atoms with van der Waals surface area (Å²) in [6.07, 6.45) is 0. The number of hydrogen-bond acceptors (Lipinski definition) is 4. The van der Waals surface area contributed by atoms with Crippen LogP contribution in [0.25, 0.3) is 0 Å². The summed E-state index contributed by atoms with van der Waals surface area (Å²) in [4.78, 5) is 10.3. The largest absolute Gasteiger partial charge is 0.385 e. The molecule has 0 saturated heterocycles. The summed E-state index contributed by atoms with van der Waals surface area (Å²) in [6.45, 7) is 6.47. The van der Waals surface area contributed by atoms with Crippen LogP contribution in [0, 0.1) is 21.4 Å². The third-order valence-corrected chi connectivity index (χ3v) is 2.45. The van der Waals surface area contributed by atoms with Crippen LogP contribution < -0.4 is 5.32 Å². The second kappa shape index (κ2) is 5.43. The van der Waals surface area contributed by atoms with Crippen molar-refractivity contribution in [3.8, 4) is 0 Å². The lowest BCUT2D eigenvalue weighted by Crippen LogP contribution is -2.12. The quantitative estimate of drug-likeness (QED) is 0.467. The summed E-state index contributed by atoms with van der Waals surface area (Å²) in [5.74, 6) is 0.0365. The molecule has 5 heteroatoms. The van der Waals surface area contributed by atoms with Crippen molar-refractivity contribution in [2.75, 3.05) is 11.9 Å². The van der Waals surface area contributed by atoms with Gasteiger partial charge in [-0.15, -0.1) is 0 Å². The van der Waals surface area contributed by atoms with Gasteiger partial charge in [0.15, 0.2) is 0 Å². The van der Waals surface area contributed by atoms with E-state index in [1.165, 1.54) is 12.1 Å². The lowest BCUT2D eigenvalue weighted by atomic mass is 9.98. The standard InChI is InChI=1S/C12H17N3O2/c1-4-14-11-6-5-9(15(16)17)7-10(11)12(13)8(2)3/h5-8,13-14H,4H2,1-3H3. The highest BCUT2D eigenvalue weighted by atomic mass is 16.6. The molecule has 0 radical (unpaired) electrons. The van der Waals surface area contributed by atoms with Crippen molar-refractivity contribution in [1.82, 2.24) is 0 Å². The number of nitrogens with one attached hydrogen (secondary N) is 2. The molecule has 17 heavy (non-hydrogen) atoms. The molecule has 0 saturated carbocycles. The Labute approximate surface area is 101 Å². The van der Waals surface area contributed by atoms with Crippen molar-refractivity contribution in [3.63, 3.8) is 0 Å². The molecule has 1 aromatic carbocycles. The third-order valence-electron chi connectivity index (χ3n) is 2.45. The van der Waals surface area contributed by atoms with E-state index < -0.39 is 4.92 Å². The van der Waals surface area contributed by atoms with Gasteiger partial charge < -0.3 is 10.7 Å². The zero-order chi connectivity index (χ0) is 13.0. The Morgan fingerprint density at radius 2 is 2.18 bits per heavy atom. The molecule has 2 N–H and O–H groups in total. The van der Waals surface area contributed by atoms with Crippen LogP contribution in [0.2, 0.25) is 0 Å². The SMILES string of the molecule is CCNc1ccc([N+](=O)[O-])cc1C(=N)C(C)C. The van der Waals surface area contributed by atoms with Crippen molar-refractivity contribution in [2.45, 2.75) is 20.8 Å². The second-order valence-electron chi connectivity index (χ2n) is 4.09. The van der Waals surface area contributed by atoms with Crippen molar-refractivity contribution < 1.29 is 4.92 Å². The van der Waals surface area contributed by atoms with Crippen LogP contribution in [0.1, 0.15) is 26.3 Å². The van der Waals surface area contributed by atoms with Gasteiger partial charge in [0.1, 0.15) is 0 Å². The fraction of sp³-hybridized carbons (Fsp3) is 0.417. The average Bonchev–Trinajstić information content (AvgIpc) is 2.28. The number of nitro benzene ring substituents is 1. The first-order valence-electron chi connectivity index (χ1n) is 5.58. The maximum absolute atomic E-state index is 10.7. The number of non-ortho nitro benzene ring substituents is 1. The Hall–Kier alpha value is -1.91. The highest BCUT2D eigenvalue weighted by Crippen LogP contribution is 2.24. The van der Waals surface area contributed by atoms with E-state index in [1.54, 1.807) is 6.07 Å². The summed E-state index contributed by atoms with van der Waals surface area (Å²) in [6, 6.07) is 4.57. The molecule has 0 aliphatic rings. The van der Waals surface area contributed by atoms with E-state index >= 15 is 0 Å². The van der Waals surface area contributed by atoms with Crippen LogP contribution in [-0.4, -0.2) is 17.2 Å². The Bertz CT molecular complexity index is 441. The van der Waals surface area contributed by atoms with Crippen molar-refractivity contribution in [2.24, 2.45) is 5.92 Å². The van der Waals surface area contributed by atoms with Gasteiger partial charge in [-0.3, -0.25) is 10.1 Å². The van der Waals surface area contributed by atoms with Gasteiger partial charge in [-0.2, -0.15) is 0 Å². The molecule has 0 fully saturated rings. The molecule has 1 aromatic rings. The number of nitrogens with zero attached hydrogens (tertiary/aromatic N) is 1. The Balaban J connectivity index is 3.24. The lowest BCUT2D eigenvalue weighted by Gasteiger charge is -2.13. The molecular formula is C12H17N3O2. The molecule has 0 heterocycles. The van der Waals surface area contributed by atoms with Gasteiger partial charge >= 0.3 is 0 Å². The van der Waals surface area contributed by atoms with Gasteiger partial charge in [-0.1, -0.05) is 13.8 Å². The predicted octanol–water partition coefficient (Wildman–Crippen LogP) is 3.05. The van der Waals surface area contributed by atoms with Crippen molar-refractivity contribution >= 4 is 17.1 Å². The number of benzene rings is 1. The molecule has 92 valence electrons. The van der Waals surface area contributed by atoms with Gasteiger partial charge in [0, 0.05) is 35.6 Å². The van der Waals surface area contributed by atoms with Gasteiger partial charge in [0.05, 0.1) is 4.92 Å². The first kappa shape index (κ1) is 13.2. The molecule has 0 aliphatic carbocycles. The number of hydrogen-bond donors (Lipinski definition) is 2. The molecule has 5 nitrogen and oxygen atoms in total. The van der Waals surface area contributed by atoms with Crippen LogP contribution in [0.5, 0.6) is 0 Å². The molecular weight excluding hydrogens is 218 g/mol. The van der Waals surface area contributed by atoms with Crippen molar-refractivity contribution in [1.29, 1.82) is 5.41 Å². The van der Waals surface area contributed by atoms with E-state index in [0.717, 1.165) is 12.2 Å². The maximum Gasteiger partial charge on any atom is 0.270 e. The topological polar surface area (TPSA) is 79.0 Å².